The number of aromatic nitrogens is 2. The van der Waals surface area contributed by atoms with Crippen molar-refractivity contribution in [2.45, 2.75) is 6.42 Å². The van der Waals surface area contributed by atoms with Crippen LogP contribution in [0.15, 0.2) is 16.9 Å². The number of halogens is 1. The molecule has 80 valence electrons. The Morgan fingerprint density at radius 1 is 1.53 bits per heavy atom. The lowest BCUT2D eigenvalue weighted by atomic mass is 10.1. The fourth-order valence-electron chi connectivity index (χ4n) is 1.58. The van der Waals surface area contributed by atoms with Gasteiger partial charge in [-0.25, -0.2) is 9.97 Å². The zero-order valence-corrected chi connectivity index (χ0v) is 9.64. The van der Waals surface area contributed by atoms with E-state index in [2.05, 4.69) is 25.9 Å². The van der Waals surface area contributed by atoms with Crippen LogP contribution in [0.25, 0.3) is 0 Å². The average molecular weight is 271 g/mol. The Hall–Kier alpha value is -1.01. The second-order valence-electron chi connectivity index (χ2n) is 3.51. The van der Waals surface area contributed by atoms with Gasteiger partial charge in [0.05, 0.1) is 4.47 Å². The van der Waals surface area contributed by atoms with Gasteiger partial charge < -0.3 is 5.73 Å². The van der Waals surface area contributed by atoms with Gasteiger partial charge in [0.2, 0.25) is 11.9 Å². The molecule has 0 bridgehead atoms. The van der Waals surface area contributed by atoms with E-state index >= 15 is 0 Å². The summed E-state index contributed by atoms with van der Waals surface area (Å²) in [6.45, 7) is 1.15. The Kier molecular flexibility index (Phi) is 2.97. The molecule has 2 N–H and O–H groups in total. The van der Waals surface area contributed by atoms with Crippen molar-refractivity contribution in [1.29, 1.82) is 0 Å². The molecule has 1 fully saturated rings. The number of hydrogen-bond acceptors (Lipinski definition) is 4. The topological polar surface area (TPSA) is 72.1 Å². The molecule has 5 nitrogen and oxygen atoms in total. The first-order valence-corrected chi connectivity index (χ1v) is 5.48. The van der Waals surface area contributed by atoms with E-state index in [1.165, 1.54) is 0 Å². The predicted octanol–water partition coefficient (Wildman–Crippen LogP) is 0.551. The minimum absolute atomic E-state index is 0.0489. The molecule has 15 heavy (non-hydrogen) atoms. The summed E-state index contributed by atoms with van der Waals surface area (Å²) in [5, 5.41) is 0. The molecule has 2 rings (SSSR count). The zero-order chi connectivity index (χ0) is 10.8. The largest absolute Gasteiger partial charge is 0.330 e. The fraction of sp³-hybridized carbons (Fsp3) is 0.444. The molecule has 0 saturated carbocycles. The third kappa shape index (κ3) is 2.15. The Morgan fingerprint density at radius 3 is 2.73 bits per heavy atom. The number of rotatable bonds is 2. The maximum atomic E-state index is 11.6. The van der Waals surface area contributed by atoms with Gasteiger partial charge in [-0.15, -0.1) is 0 Å². The lowest BCUT2D eigenvalue weighted by Gasteiger charge is -2.13. The molecule has 0 aliphatic carbocycles. The van der Waals surface area contributed by atoms with Crippen molar-refractivity contribution < 1.29 is 4.79 Å². The fourth-order valence-corrected chi connectivity index (χ4v) is 1.78. The summed E-state index contributed by atoms with van der Waals surface area (Å²) in [6.07, 6.45) is 3.76. The summed E-state index contributed by atoms with van der Waals surface area (Å²) >= 11 is 3.25. The first-order chi connectivity index (χ1) is 7.20. The maximum absolute atomic E-state index is 11.6. The minimum Gasteiger partial charge on any atom is -0.330 e. The van der Waals surface area contributed by atoms with Crippen LogP contribution >= 0.6 is 15.9 Å². The van der Waals surface area contributed by atoms with Crippen LogP contribution < -0.4 is 10.6 Å². The number of carbonyl (C=O) groups is 1. The van der Waals surface area contributed by atoms with Gasteiger partial charge in [-0.05, 0) is 28.4 Å². The van der Waals surface area contributed by atoms with Crippen molar-refractivity contribution in [1.82, 2.24) is 9.97 Å². The molecule has 1 atom stereocenters. The van der Waals surface area contributed by atoms with Crippen LogP contribution in [0, 0.1) is 5.92 Å². The van der Waals surface area contributed by atoms with Crippen molar-refractivity contribution in [2.24, 2.45) is 11.7 Å². The molecule has 1 aromatic rings. The van der Waals surface area contributed by atoms with E-state index in [0.717, 1.165) is 4.47 Å². The molecule has 1 saturated heterocycles. The average Bonchev–Trinajstić information content (AvgIpc) is 2.61. The quantitative estimate of drug-likeness (QED) is 0.852. The predicted molar refractivity (Wildman–Crippen MR) is 59.2 cm³/mol. The van der Waals surface area contributed by atoms with Crippen LogP contribution in [-0.2, 0) is 4.79 Å². The van der Waals surface area contributed by atoms with Gasteiger partial charge in [0.1, 0.15) is 0 Å². The molecule has 1 aliphatic rings. The highest BCUT2D eigenvalue weighted by atomic mass is 79.9. The summed E-state index contributed by atoms with van der Waals surface area (Å²) in [5.41, 5.74) is 5.53. The molecule has 1 aromatic heterocycles. The number of amides is 1. The summed E-state index contributed by atoms with van der Waals surface area (Å²) in [7, 11) is 0. The number of nitrogens with two attached hydrogens (primary N) is 1. The first kappa shape index (κ1) is 10.5. The Morgan fingerprint density at radius 2 is 2.20 bits per heavy atom. The molecule has 1 aliphatic heterocycles. The van der Waals surface area contributed by atoms with E-state index in [9.17, 15) is 4.79 Å². The van der Waals surface area contributed by atoms with Gasteiger partial charge in [0.15, 0.2) is 0 Å². The molecule has 1 unspecified atom stereocenters. The van der Waals surface area contributed by atoms with Crippen LogP contribution in [0.4, 0.5) is 5.95 Å². The highest BCUT2D eigenvalue weighted by Crippen LogP contribution is 2.21. The van der Waals surface area contributed by atoms with Crippen molar-refractivity contribution in [3.05, 3.63) is 16.9 Å². The highest BCUT2D eigenvalue weighted by molar-refractivity contribution is 9.10. The first-order valence-electron chi connectivity index (χ1n) is 4.68. The zero-order valence-electron chi connectivity index (χ0n) is 8.06. The number of carbonyl (C=O) groups excluding carboxylic acids is 1. The molecule has 0 spiro atoms. The van der Waals surface area contributed by atoms with E-state index < -0.39 is 0 Å². The van der Waals surface area contributed by atoms with E-state index in [-0.39, 0.29) is 11.8 Å². The molecule has 0 aromatic carbocycles. The van der Waals surface area contributed by atoms with E-state index in [0.29, 0.717) is 25.5 Å². The summed E-state index contributed by atoms with van der Waals surface area (Å²) in [6, 6.07) is 0. The summed E-state index contributed by atoms with van der Waals surface area (Å²) in [4.78, 5) is 21.4. The monoisotopic (exact) mass is 270 g/mol. The lowest BCUT2D eigenvalue weighted by molar-refractivity contribution is -0.117. The molecular weight excluding hydrogens is 260 g/mol. The van der Waals surface area contributed by atoms with E-state index in [1.54, 1.807) is 17.3 Å². The number of hydrogen-bond donors (Lipinski definition) is 1. The lowest BCUT2D eigenvalue weighted by Crippen LogP contribution is -2.27. The van der Waals surface area contributed by atoms with Crippen molar-refractivity contribution in [2.75, 3.05) is 18.0 Å². The SMILES string of the molecule is NCC1CC(=O)N(c2ncc(Br)cn2)C1. The normalized spacial score (nSPS) is 21.1. The second kappa shape index (κ2) is 4.24. The van der Waals surface area contributed by atoms with Crippen LogP contribution in [0.3, 0.4) is 0 Å². The van der Waals surface area contributed by atoms with Gasteiger partial charge in [0.25, 0.3) is 0 Å². The smallest absolute Gasteiger partial charge is 0.232 e. The third-order valence-electron chi connectivity index (χ3n) is 2.39. The summed E-state index contributed by atoms with van der Waals surface area (Å²) in [5.74, 6) is 0.733. The van der Waals surface area contributed by atoms with Gasteiger partial charge in [-0.2, -0.15) is 0 Å². The number of nitrogens with zero attached hydrogens (tertiary/aromatic N) is 3. The second-order valence-corrected chi connectivity index (χ2v) is 4.43. The Labute approximate surface area is 95.8 Å². The van der Waals surface area contributed by atoms with E-state index in [4.69, 9.17) is 5.73 Å². The molecule has 1 amide bonds. The third-order valence-corrected chi connectivity index (χ3v) is 2.80. The van der Waals surface area contributed by atoms with Crippen molar-refractivity contribution >= 4 is 27.8 Å². The molecular formula is C9H11BrN4O. The van der Waals surface area contributed by atoms with Crippen LogP contribution in [0.1, 0.15) is 6.42 Å². The Bertz CT molecular complexity index is 367. The Balaban J connectivity index is 2.18. The van der Waals surface area contributed by atoms with Crippen LogP contribution in [0.5, 0.6) is 0 Å². The van der Waals surface area contributed by atoms with Crippen molar-refractivity contribution in [3.8, 4) is 0 Å². The van der Waals surface area contributed by atoms with Gasteiger partial charge in [-0.1, -0.05) is 0 Å². The van der Waals surface area contributed by atoms with Gasteiger partial charge in [0, 0.05) is 25.4 Å². The van der Waals surface area contributed by atoms with Crippen LogP contribution in [0.2, 0.25) is 0 Å². The standard InChI is InChI=1S/C9H11BrN4O/c10-7-3-12-9(13-4-7)14-5-6(2-11)1-8(14)15/h3-4,6H,1-2,5,11H2. The van der Waals surface area contributed by atoms with Gasteiger partial charge >= 0.3 is 0 Å². The maximum Gasteiger partial charge on any atom is 0.232 e. The van der Waals surface area contributed by atoms with E-state index in [1.807, 2.05) is 0 Å². The molecule has 2 heterocycles. The molecule has 0 radical (unpaired) electrons. The minimum atomic E-state index is 0.0489. The molecule has 6 heteroatoms. The number of anilines is 1. The van der Waals surface area contributed by atoms with Crippen molar-refractivity contribution in [3.63, 3.8) is 0 Å². The van der Waals surface area contributed by atoms with Gasteiger partial charge in [-0.3, -0.25) is 9.69 Å². The summed E-state index contributed by atoms with van der Waals surface area (Å²) < 4.78 is 0.799. The van der Waals surface area contributed by atoms with Crippen LogP contribution in [-0.4, -0.2) is 29.0 Å². The highest BCUT2D eigenvalue weighted by Gasteiger charge is 2.31.